The van der Waals surface area contributed by atoms with Gasteiger partial charge in [0.05, 0.1) is 31.3 Å². The van der Waals surface area contributed by atoms with Crippen LogP contribution in [-0.4, -0.2) is 32.9 Å². The summed E-state index contributed by atoms with van der Waals surface area (Å²) in [6.07, 6.45) is -3.05. The molecule has 4 rings (SSSR count). The lowest BCUT2D eigenvalue weighted by Crippen LogP contribution is -2.53. The van der Waals surface area contributed by atoms with Crippen molar-refractivity contribution >= 4 is 54.1 Å². The zero-order valence-corrected chi connectivity index (χ0v) is 21.9. The number of alkyl halides is 3. The summed E-state index contributed by atoms with van der Waals surface area (Å²) >= 11 is 6.53. The lowest BCUT2D eigenvalue weighted by Gasteiger charge is -2.32. The van der Waals surface area contributed by atoms with Gasteiger partial charge in [0.2, 0.25) is 20.0 Å². The van der Waals surface area contributed by atoms with Gasteiger partial charge in [-0.25, -0.2) is 26.3 Å². The van der Waals surface area contributed by atoms with Crippen molar-refractivity contribution in [2.45, 2.75) is 53.7 Å². The molecule has 1 aliphatic rings. The van der Waals surface area contributed by atoms with Gasteiger partial charge in [-0.15, -0.1) is 0 Å². The molecule has 0 radical (unpaired) electrons. The fourth-order valence-corrected chi connectivity index (χ4v) is 7.85. The van der Waals surface area contributed by atoms with Crippen molar-refractivity contribution in [1.82, 2.24) is 13.4 Å². The first-order valence-electron chi connectivity index (χ1n) is 10.7. The number of fused-ring (bicyclic) bond motifs is 1. The van der Waals surface area contributed by atoms with Crippen LogP contribution in [0.1, 0.15) is 31.2 Å². The molecule has 0 bridgehead atoms. The molecule has 0 unspecified atom stereocenters. The monoisotopic (exact) mass is 583 g/mol. The predicted molar refractivity (Wildman–Crippen MR) is 130 cm³/mol. The SMILES string of the molecule is Cn1sc(=O)c2cc(S(=O)(=O)N[C@@H]3CCCC[C@@H]3NS(=O)(=O)c3ccc(Cl)c(C(F)(F)F)c3)ccc21. The number of hydrogen-bond acceptors (Lipinski definition) is 6. The standard InChI is InChI=1S/C21H21ClF3N3O5S3/c1-28-19-9-7-12(10-14(19)20(29)34-28)35(30,31)26-17-4-2-3-5-18(17)27-36(32,33)13-6-8-16(22)15(11-13)21(23,24)25/h6-11,17-18,26-27H,2-5H2,1H3/t17-,18+/m1/s1. The number of rotatable bonds is 6. The van der Waals surface area contributed by atoms with Crippen molar-refractivity contribution in [1.29, 1.82) is 0 Å². The number of aryl methyl sites for hydroxylation is 1. The van der Waals surface area contributed by atoms with Gasteiger partial charge in [0.25, 0.3) is 4.74 Å². The van der Waals surface area contributed by atoms with Crippen molar-refractivity contribution in [2.24, 2.45) is 7.05 Å². The topological polar surface area (TPSA) is 114 Å². The second kappa shape index (κ2) is 9.72. The van der Waals surface area contributed by atoms with Gasteiger partial charge in [-0.2, -0.15) is 13.2 Å². The molecule has 1 aromatic heterocycles. The minimum atomic E-state index is -4.85. The Morgan fingerprint density at radius 3 is 2.03 bits per heavy atom. The first kappa shape index (κ1) is 27.1. The summed E-state index contributed by atoms with van der Waals surface area (Å²) in [7, 11) is -6.89. The zero-order valence-electron chi connectivity index (χ0n) is 18.7. The van der Waals surface area contributed by atoms with E-state index in [-0.39, 0.29) is 21.4 Å². The Bertz CT molecular complexity index is 1580. The van der Waals surface area contributed by atoms with Crippen LogP contribution in [0.3, 0.4) is 0 Å². The van der Waals surface area contributed by atoms with Crippen LogP contribution >= 0.6 is 23.1 Å². The average molecular weight is 584 g/mol. The average Bonchev–Trinajstić information content (AvgIpc) is 3.07. The van der Waals surface area contributed by atoms with Gasteiger partial charge in [0, 0.05) is 19.1 Å². The van der Waals surface area contributed by atoms with Crippen molar-refractivity contribution in [2.75, 3.05) is 0 Å². The van der Waals surface area contributed by atoms with Crippen LogP contribution < -0.4 is 14.2 Å². The Labute approximate surface area is 214 Å². The Hall–Kier alpha value is -1.97. The molecule has 1 aliphatic carbocycles. The maximum atomic E-state index is 13.2. The van der Waals surface area contributed by atoms with Crippen LogP contribution in [0.25, 0.3) is 10.9 Å². The maximum Gasteiger partial charge on any atom is 0.417 e. The highest BCUT2D eigenvalue weighted by molar-refractivity contribution is 7.90. The molecule has 2 aromatic carbocycles. The van der Waals surface area contributed by atoms with Crippen LogP contribution in [-0.2, 0) is 33.3 Å². The first-order chi connectivity index (χ1) is 16.7. The fraction of sp³-hybridized carbons (Fsp3) is 0.381. The molecule has 1 saturated carbocycles. The number of benzene rings is 2. The largest absolute Gasteiger partial charge is 0.417 e. The summed E-state index contributed by atoms with van der Waals surface area (Å²) < 4.78 is 97.9. The van der Waals surface area contributed by atoms with E-state index in [4.69, 9.17) is 11.6 Å². The van der Waals surface area contributed by atoms with Crippen LogP contribution in [0, 0.1) is 0 Å². The molecular formula is C21H21ClF3N3O5S3. The summed E-state index contributed by atoms with van der Waals surface area (Å²) in [4.78, 5) is 11.4. The van der Waals surface area contributed by atoms with Gasteiger partial charge in [-0.1, -0.05) is 24.4 Å². The summed E-state index contributed by atoms with van der Waals surface area (Å²) in [5.41, 5.74) is -0.712. The highest BCUT2D eigenvalue weighted by Crippen LogP contribution is 2.36. The number of halogens is 4. The zero-order chi connectivity index (χ0) is 26.5. The van der Waals surface area contributed by atoms with E-state index in [1.165, 1.54) is 18.2 Å². The molecule has 0 spiro atoms. The third-order valence-electron chi connectivity index (χ3n) is 5.99. The smallest absolute Gasteiger partial charge is 0.297 e. The molecule has 36 heavy (non-hydrogen) atoms. The van der Waals surface area contributed by atoms with Crippen LogP contribution in [0.15, 0.2) is 51.0 Å². The molecule has 196 valence electrons. The highest BCUT2D eigenvalue weighted by Gasteiger charge is 2.36. The van der Waals surface area contributed by atoms with E-state index in [9.17, 15) is 34.8 Å². The molecule has 2 N–H and O–H groups in total. The van der Waals surface area contributed by atoms with E-state index in [2.05, 4.69) is 9.44 Å². The Kier molecular flexibility index (Phi) is 7.31. The van der Waals surface area contributed by atoms with E-state index in [1.807, 2.05) is 0 Å². The molecule has 15 heteroatoms. The number of nitrogens with zero attached hydrogens (tertiary/aromatic N) is 1. The molecule has 8 nitrogen and oxygen atoms in total. The van der Waals surface area contributed by atoms with Crippen molar-refractivity contribution in [3.63, 3.8) is 0 Å². The minimum Gasteiger partial charge on any atom is -0.297 e. The number of hydrogen-bond donors (Lipinski definition) is 2. The van der Waals surface area contributed by atoms with Crippen molar-refractivity contribution in [3.05, 3.63) is 56.5 Å². The predicted octanol–water partition coefficient (Wildman–Crippen LogP) is 3.84. The Balaban J connectivity index is 1.60. The Morgan fingerprint density at radius 2 is 1.47 bits per heavy atom. The fourth-order valence-electron chi connectivity index (χ4n) is 4.18. The lowest BCUT2D eigenvalue weighted by atomic mass is 9.92. The second-order valence-corrected chi connectivity index (χ2v) is 13.4. The molecule has 1 fully saturated rings. The number of sulfonamides is 2. The molecule has 3 aromatic rings. The van der Waals surface area contributed by atoms with Gasteiger partial charge in [-0.3, -0.25) is 8.75 Å². The summed E-state index contributed by atoms with van der Waals surface area (Å²) in [5.74, 6) is 0. The Morgan fingerprint density at radius 1 is 0.944 bits per heavy atom. The first-order valence-corrected chi connectivity index (χ1v) is 14.8. The van der Waals surface area contributed by atoms with E-state index < -0.39 is 53.8 Å². The second-order valence-electron chi connectivity index (χ2n) is 8.43. The normalized spacial score (nSPS) is 19.6. The van der Waals surface area contributed by atoms with Crippen LogP contribution in [0.5, 0.6) is 0 Å². The molecular weight excluding hydrogens is 563 g/mol. The van der Waals surface area contributed by atoms with E-state index >= 15 is 0 Å². The number of aromatic nitrogens is 1. The van der Waals surface area contributed by atoms with Gasteiger partial charge in [0.15, 0.2) is 0 Å². The number of nitrogens with one attached hydrogen (secondary N) is 2. The molecule has 2 atom stereocenters. The summed E-state index contributed by atoms with van der Waals surface area (Å²) in [5, 5.41) is -0.392. The lowest BCUT2D eigenvalue weighted by molar-refractivity contribution is -0.137. The van der Waals surface area contributed by atoms with Gasteiger partial charge in [-0.05, 0) is 60.8 Å². The van der Waals surface area contributed by atoms with Crippen LogP contribution in [0.4, 0.5) is 13.2 Å². The van der Waals surface area contributed by atoms with Gasteiger partial charge >= 0.3 is 6.18 Å². The molecule has 0 amide bonds. The van der Waals surface area contributed by atoms with E-state index in [0.717, 1.165) is 23.7 Å². The third-order valence-corrected chi connectivity index (χ3v) is 10.2. The quantitative estimate of drug-likeness (QED) is 0.458. The van der Waals surface area contributed by atoms with Crippen molar-refractivity contribution < 1.29 is 30.0 Å². The summed E-state index contributed by atoms with van der Waals surface area (Å²) in [6.45, 7) is 0. The molecule has 0 aliphatic heterocycles. The van der Waals surface area contributed by atoms with E-state index in [0.29, 0.717) is 30.8 Å². The molecule has 1 heterocycles. The minimum absolute atomic E-state index is 0.148. The van der Waals surface area contributed by atoms with Gasteiger partial charge < -0.3 is 0 Å². The van der Waals surface area contributed by atoms with E-state index in [1.54, 1.807) is 11.0 Å². The molecule has 0 saturated heterocycles. The highest BCUT2D eigenvalue weighted by atomic mass is 35.5. The van der Waals surface area contributed by atoms with Crippen LogP contribution in [0.2, 0.25) is 5.02 Å². The van der Waals surface area contributed by atoms with Crippen molar-refractivity contribution in [3.8, 4) is 0 Å². The van der Waals surface area contributed by atoms with Gasteiger partial charge in [0.1, 0.15) is 0 Å². The third kappa shape index (κ3) is 5.48. The maximum absolute atomic E-state index is 13.2. The summed E-state index contributed by atoms with van der Waals surface area (Å²) in [6, 6.07) is 4.64.